The van der Waals surface area contributed by atoms with Gasteiger partial charge in [-0.1, -0.05) is 0 Å². The number of hydrogen-bond acceptors (Lipinski definition) is 4. The van der Waals surface area contributed by atoms with Crippen molar-refractivity contribution >= 4 is 29.5 Å². The van der Waals surface area contributed by atoms with Crippen molar-refractivity contribution in [3.63, 3.8) is 0 Å². The Morgan fingerprint density at radius 1 is 1.59 bits per heavy atom. The Bertz CT molecular complexity index is 524. The van der Waals surface area contributed by atoms with Crippen LogP contribution in [0.2, 0.25) is 0 Å². The zero-order valence-electron chi connectivity index (χ0n) is 10.2. The van der Waals surface area contributed by atoms with Gasteiger partial charge >= 0.3 is 0 Å². The monoisotopic (exact) mass is 268 g/mol. The molecule has 0 fully saturated rings. The fraction of sp³-hybridized carbons (Fsp3) is 0.455. The molecule has 2 aromatic heterocycles. The van der Waals surface area contributed by atoms with E-state index in [4.69, 9.17) is 12.2 Å². The summed E-state index contributed by atoms with van der Waals surface area (Å²) in [5.41, 5.74) is 1.29. The van der Waals surface area contributed by atoms with Crippen LogP contribution in [0.25, 0.3) is 0 Å². The fourth-order valence-corrected chi connectivity index (χ4v) is 2.76. The summed E-state index contributed by atoms with van der Waals surface area (Å²) >= 11 is 6.95. The van der Waals surface area contributed by atoms with E-state index in [1.54, 1.807) is 11.3 Å². The van der Waals surface area contributed by atoms with E-state index < -0.39 is 0 Å². The Labute approximate surface area is 110 Å². The van der Waals surface area contributed by atoms with E-state index in [0.717, 1.165) is 12.5 Å². The van der Waals surface area contributed by atoms with Crippen LogP contribution in [0.1, 0.15) is 25.5 Å². The van der Waals surface area contributed by atoms with Crippen LogP contribution in [0.5, 0.6) is 0 Å². The summed E-state index contributed by atoms with van der Waals surface area (Å²) in [5.74, 6) is 0.885. The van der Waals surface area contributed by atoms with Crippen LogP contribution in [0.15, 0.2) is 16.8 Å². The lowest BCUT2D eigenvalue weighted by molar-refractivity contribution is 0.583. The number of hydrogen-bond donors (Lipinski definition) is 1. The first-order chi connectivity index (χ1) is 8.09. The number of H-pyrrole nitrogens is 1. The molecule has 0 atom stereocenters. The van der Waals surface area contributed by atoms with Gasteiger partial charge in [0.15, 0.2) is 4.77 Å². The minimum absolute atomic E-state index is 0.307. The van der Waals surface area contributed by atoms with Gasteiger partial charge in [0, 0.05) is 19.6 Å². The predicted molar refractivity (Wildman–Crippen MR) is 74.2 cm³/mol. The Kier molecular flexibility index (Phi) is 3.63. The quantitative estimate of drug-likeness (QED) is 0.865. The molecule has 0 amide bonds. The number of rotatable bonds is 4. The number of aromatic amines is 1. The van der Waals surface area contributed by atoms with E-state index >= 15 is 0 Å². The number of nitrogens with one attached hydrogen (secondary N) is 1. The maximum atomic E-state index is 5.24. The summed E-state index contributed by atoms with van der Waals surface area (Å²) < 4.78 is 2.70. The lowest BCUT2D eigenvalue weighted by atomic mass is 10.3. The summed E-state index contributed by atoms with van der Waals surface area (Å²) in [4.78, 5) is 2.11. The Morgan fingerprint density at radius 3 is 2.94 bits per heavy atom. The van der Waals surface area contributed by atoms with Crippen LogP contribution in [0, 0.1) is 4.77 Å². The molecule has 0 aliphatic carbocycles. The number of anilines is 1. The number of aromatic nitrogens is 3. The van der Waals surface area contributed by atoms with Crippen LogP contribution in [-0.4, -0.2) is 21.8 Å². The SMILES string of the molecule is CC(C)n1c(N(C)Cc2ccsc2)n[nH]c1=S. The lowest BCUT2D eigenvalue weighted by Crippen LogP contribution is -2.21. The number of thiophene rings is 1. The van der Waals surface area contributed by atoms with Crippen LogP contribution >= 0.6 is 23.6 Å². The highest BCUT2D eigenvalue weighted by Crippen LogP contribution is 2.18. The molecule has 0 radical (unpaired) electrons. The molecule has 0 saturated carbocycles. The Morgan fingerprint density at radius 2 is 2.35 bits per heavy atom. The molecule has 2 aromatic rings. The minimum atomic E-state index is 0.307. The van der Waals surface area contributed by atoms with Crippen molar-refractivity contribution in [3.05, 3.63) is 27.2 Å². The maximum absolute atomic E-state index is 5.24. The molecule has 17 heavy (non-hydrogen) atoms. The van der Waals surface area contributed by atoms with Gasteiger partial charge in [0.05, 0.1) is 0 Å². The molecule has 92 valence electrons. The normalized spacial score (nSPS) is 11.1. The number of nitrogens with zero attached hydrogens (tertiary/aromatic N) is 3. The van der Waals surface area contributed by atoms with Gasteiger partial charge in [-0.25, -0.2) is 5.10 Å². The molecule has 2 rings (SSSR count). The van der Waals surface area contributed by atoms with Gasteiger partial charge in [-0.05, 0) is 48.5 Å². The van der Waals surface area contributed by atoms with Crippen molar-refractivity contribution in [1.82, 2.24) is 14.8 Å². The van der Waals surface area contributed by atoms with Gasteiger partial charge in [0.1, 0.15) is 0 Å². The maximum Gasteiger partial charge on any atom is 0.226 e. The van der Waals surface area contributed by atoms with Crippen molar-refractivity contribution in [2.75, 3.05) is 11.9 Å². The molecule has 0 aliphatic rings. The van der Waals surface area contributed by atoms with Crippen molar-refractivity contribution in [1.29, 1.82) is 0 Å². The molecule has 0 aliphatic heterocycles. The van der Waals surface area contributed by atoms with E-state index in [9.17, 15) is 0 Å². The standard InChI is InChI=1S/C11H16N4S2/c1-8(2)15-10(12-13-11(15)16)14(3)6-9-4-5-17-7-9/h4-5,7-8H,6H2,1-3H3,(H,13,16). The third kappa shape index (κ3) is 2.58. The molecule has 2 heterocycles. The zero-order valence-corrected chi connectivity index (χ0v) is 11.8. The van der Waals surface area contributed by atoms with E-state index in [0.29, 0.717) is 10.8 Å². The van der Waals surface area contributed by atoms with Crippen LogP contribution in [-0.2, 0) is 6.54 Å². The van der Waals surface area contributed by atoms with Gasteiger partial charge in [0.25, 0.3) is 0 Å². The first-order valence-electron chi connectivity index (χ1n) is 5.48. The molecule has 0 bridgehead atoms. The van der Waals surface area contributed by atoms with E-state index in [2.05, 4.69) is 45.8 Å². The first-order valence-corrected chi connectivity index (χ1v) is 6.84. The van der Waals surface area contributed by atoms with E-state index in [1.165, 1.54) is 5.56 Å². The Balaban J connectivity index is 2.25. The van der Waals surface area contributed by atoms with E-state index in [1.807, 2.05) is 11.6 Å². The third-order valence-corrected chi connectivity index (χ3v) is 3.56. The highest BCUT2D eigenvalue weighted by atomic mass is 32.1. The highest BCUT2D eigenvalue weighted by molar-refractivity contribution is 7.71. The molecule has 4 nitrogen and oxygen atoms in total. The van der Waals surface area contributed by atoms with E-state index in [-0.39, 0.29) is 0 Å². The smallest absolute Gasteiger partial charge is 0.226 e. The zero-order chi connectivity index (χ0) is 12.4. The molecule has 6 heteroatoms. The van der Waals surface area contributed by atoms with Crippen LogP contribution in [0.3, 0.4) is 0 Å². The lowest BCUT2D eigenvalue weighted by Gasteiger charge is -2.20. The summed E-state index contributed by atoms with van der Waals surface area (Å²) in [6.07, 6.45) is 0. The van der Waals surface area contributed by atoms with Gasteiger partial charge in [0.2, 0.25) is 5.95 Å². The minimum Gasteiger partial charge on any atom is -0.340 e. The molecule has 1 N–H and O–H groups in total. The molecular formula is C11H16N4S2. The summed E-state index contributed by atoms with van der Waals surface area (Å²) in [6.45, 7) is 5.05. The topological polar surface area (TPSA) is 36.9 Å². The van der Waals surface area contributed by atoms with Crippen LogP contribution in [0.4, 0.5) is 5.95 Å². The highest BCUT2D eigenvalue weighted by Gasteiger charge is 2.13. The first kappa shape index (κ1) is 12.3. The average Bonchev–Trinajstić information content (AvgIpc) is 2.86. The summed E-state index contributed by atoms with van der Waals surface area (Å²) in [6, 6.07) is 2.43. The average molecular weight is 268 g/mol. The predicted octanol–water partition coefficient (Wildman–Crippen LogP) is 3.22. The molecule has 0 aromatic carbocycles. The van der Waals surface area contributed by atoms with Gasteiger partial charge < -0.3 is 4.90 Å². The second-order valence-corrected chi connectivity index (χ2v) is 5.45. The molecule has 0 saturated heterocycles. The second-order valence-electron chi connectivity index (χ2n) is 4.28. The van der Waals surface area contributed by atoms with Crippen molar-refractivity contribution in [2.45, 2.75) is 26.4 Å². The van der Waals surface area contributed by atoms with Crippen LogP contribution < -0.4 is 4.90 Å². The second kappa shape index (κ2) is 5.01. The van der Waals surface area contributed by atoms with Crippen molar-refractivity contribution in [3.8, 4) is 0 Å². The largest absolute Gasteiger partial charge is 0.340 e. The summed E-state index contributed by atoms with van der Waals surface area (Å²) in [5, 5.41) is 11.4. The Hall–Kier alpha value is -1.14. The third-order valence-electron chi connectivity index (χ3n) is 2.54. The van der Waals surface area contributed by atoms with Crippen molar-refractivity contribution in [2.24, 2.45) is 0 Å². The van der Waals surface area contributed by atoms with Gasteiger partial charge in [-0.2, -0.15) is 11.3 Å². The summed E-state index contributed by atoms with van der Waals surface area (Å²) in [7, 11) is 2.03. The van der Waals surface area contributed by atoms with Gasteiger partial charge in [-0.15, -0.1) is 5.10 Å². The molecule has 0 spiro atoms. The molecular weight excluding hydrogens is 252 g/mol. The van der Waals surface area contributed by atoms with Gasteiger partial charge in [-0.3, -0.25) is 4.57 Å². The fourth-order valence-electron chi connectivity index (χ4n) is 1.76. The molecule has 0 unspecified atom stereocenters. The van der Waals surface area contributed by atoms with Crippen molar-refractivity contribution < 1.29 is 0 Å².